The normalized spacial score (nSPS) is 11.0. The molecule has 0 fully saturated rings. The molecule has 7 nitrogen and oxygen atoms in total. The van der Waals surface area contributed by atoms with Crippen molar-refractivity contribution in [1.29, 1.82) is 0 Å². The minimum absolute atomic E-state index is 0.136. The van der Waals surface area contributed by atoms with E-state index >= 15 is 0 Å². The Labute approximate surface area is 197 Å². The summed E-state index contributed by atoms with van der Waals surface area (Å²) in [6.07, 6.45) is 1.71. The zero-order valence-corrected chi connectivity index (χ0v) is 19.4. The fourth-order valence-electron chi connectivity index (χ4n) is 3.34. The minimum atomic E-state index is 0.136. The Hall–Kier alpha value is -3.91. The third kappa shape index (κ3) is 5.67. The molecular weight excluding hydrogens is 432 g/mol. The number of phenols is 1. The van der Waals surface area contributed by atoms with Crippen LogP contribution < -0.4 is 15.8 Å². The molecule has 0 bridgehead atoms. The molecule has 0 spiro atoms. The largest absolute Gasteiger partial charge is 0.507 e. The van der Waals surface area contributed by atoms with Gasteiger partial charge in [-0.2, -0.15) is 10.2 Å². The van der Waals surface area contributed by atoms with Gasteiger partial charge in [-0.3, -0.25) is 0 Å². The highest BCUT2D eigenvalue weighted by Crippen LogP contribution is 2.34. The topological polar surface area (TPSA) is 85.1 Å². The van der Waals surface area contributed by atoms with Gasteiger partial charge in [0.05, 0.1) is 28.3 Å². The number of nitrogens with zero attached hydrogens (tertiary/aromatic N) is 4. The molecule has 0 radical (unpaired) electrons. The number of anilines is 3. The van der Waals surface area contributed by atoms with Crippen LogP contribution in [0.15, 0.2) is 88.5 Å². The number of phenolic OH excluding ortho intramolecular Hbond substituents is 1. The molecular formula is C25H26N6OS. The Kier molecular flexibility index (Phi) is 7.16. The summed E-state index contributed by atoms with van der Waals surface area (Å²) in [6.45, 7) is 6.29. The number of benzene rings is 3. The van der Waals surface area contributed by atoms with E-state index in [0.717, 1.165) is 29.5 Å². The van der Waals surface area contributed by atoms with Gasteiger partial charge in [0.1, 0.15) is 10.8 Å². The fraction of sp³-hybridized carbons (Fsp3) is 0.160. The van der Waals surface area contributed by atoms with Crippen LogP contribution in [0.5, 0.6) is 5.75 Å². The molecule has 3 aromatic carbocycles. The average Bonchev–Trinajstić information content (AvgIpc) is 3.38. The zero-order valence-electron chi connectivity index (χ0n) is 18.6. The van der Waals surface area contributed by atoms with E-state index in [9.17, 15) is 5.11 Å². The van der Waals surface area contributed by atoms with Gasteiger partial charge in [0.15, 0.2) is 0 Å². The standard InChI is InChI=1S/C25H26N6OS/c1-3-31(4-2)22-12-9-20(10-13-22)28-27-18-5-7-19(8-6-18)29-30-21-11-14-23(24(32)17-21)25-26-15-16-33-25/h5-17,27-28,32H,3-4H2,1-2H3/b30-29+. The lowest BCUT2D eigenvalue weighted by Gasteiger charge is -2.21. The third-order valence-corrected chi connectivity index (χ3v) is 5.95. The van der Waals surface area contributed by atoms with Gasteiger partial charge < -0.3 is 20.9 Å². The Balaban J connectivity index is 1.34. The van der Waals surface area contributed by atoms with Crippen LogP contribution in [0.3, 0.4) is 0 Å². The maximum absolute atomic E-state index is 10.3. The van der Waals surface area contributed by atoms with Crippen molar-refractivity contribution in [2.24, 2.45) is 10.2 Å². The van der Waals surface area contributed by atoms with E-state index in [-0.39, 0.29) is 5.75 Å². The molecule has 0 aliphatic carbocycles. The summed E-state index contributed by atoms with van der Waals surface area (Å²) in [7, 11) is 0. The van der Waals surface area contributed by atoms with E-state index in [1.165, 1.54) is 17.0 Å². The van der Waals surface area contributed by atoms with Crippen LogP contribution >= 0.6 is 11.3 Å². The van der Waals surface area contributed by atoms with Crippen LogP contribution in [0.1, 0.15) is 13.8 Å². The van der Waals surface area contributed by atoms with Crippen molar-refractivity contribution in [2.45, 2.75) is 13.8 Å². The lowest BCUT2D eigenvalue weighted by molar-refractivity contribution is 0.477. The number of rotatable bonds is 9. The van der Waals surface area contributed by atoms with Gasteiger partial charge >= 0.3 is 0 Å². The molecule has 4 rings (SSSR count). The molecule has 1 aromatic heterocycles. The van der Waals surface area contributed by atoms with Crippen molar-refractivity contribution in [2.75, 3.05) is 28.8 Å². The molecule has 0 amide bonds. The van der Waals surface area contributed by atoms with Crippen LogP contribution in [0.25, 0.3) is 10.6 Å². The summed E-state index contributed by atoms with van der Waals surface area (Å²) < 4.78 is 0. The average molecular weight is 459 g/mol. The van der Waals surface area contributed by atoms with E-state index in [0.29, 0.717) is 16.9 Å². The van der Waals surface area contributed by atoms with Crippen molar-refractivity contribution in [1.82, 2.24) is 4.98 Å². The molecule has 0 aliphatic rings. The van der Waals surface area contributed by atoms with Crippen molar-refractivity contribution in [3.63, 3.8) is 0 Å². The van der Waals surface area contributed by atoms with Crippen molar-refractivity contribution in [3.8, 4) is 16.3 Å². The zero-order chi connectivity index (χ0) is 23.0. The van der Waals surface area contributed by atoms with Gasteiger partial charge in [-0.15, -0.1) is 11.3 Å². The van der Waals surface area contributed by atoms with Gasteiger partial charge in [0.25, 0.3) is 0 Å². The summed E-state index contributed by atoms with van der Waals surface area (Å²) in [6, 6.07) is 21.1. The predicted octanol–water partition coefficient (Wildman–Crippen LogP) is 7.22. The van der Waals surface area contributed by atoms with Gasteiger partial charge in [0, 0.05) is 36.4 Å². The summed E-state index contributed by atoms with van der Waals surface area (Å²) in [5.74, 6) is 0.136. The monoisotopic (exact) mass is 458 g/mol. The number of nitrogens with one attached hydrogen (secondary N) is 2. The lowest BCUT2D eigenvalue weighted by Crippen LogP contribution is -2.21. The van der Waals surface area contributed by atoms with E-state index in [1.54, 1.807) is 18.3 Å². The maximum atomic E-state index is 10.3. The second kappa shape index (κ2) is 10.6. The van der Waals surface area contributed by atoms with Crippen LogP contribution in [-0.4, -0.2) is 23.2 Å². The molecule has 3 N–H and O–H groups in total. The highest BCUT2D eigenvalue weighted by molar-refractivity contribution is 7.13. The number of aromatic hydroxyl groups is 1. The van der Waals surface area contributed by atoms with E-state index in [4.69, 9.17) is 0 Å². The van der Waals surface area contributed by atoms with E-state index in [1.807, 2.05) is 35.7 Å². The van der Waals surface area contributed by atoms with Gasteiger partial charge in [-0.1, -0.05) is 0 Å². The smallest absolute Gasteiger partial charge is 0.128 e. The summed E-state index contributed by atoms with van der Waals surface area (Å²) in [5.41, 5.74) is 11.5. The number of hydrazine groups is 1. The number of hydrogen-bond donors (Lipinski definition) is 3. The Morgan fingerprint density at radius 1 is 0.848 bits per heavy atom. The van der Waals surface area contributed by atoms with Gasteiger partial charge in [0.2, 0.25) is 0 Å². The fourth-order valence-corrected chi connectivity index (χ4v) is 4.01. The van der Waals surface area contributed by atoms with Gasteiger partial charge in [-0.05, 0) is 74.5 Å². The Morgan fingerprint density at radius 3 is 2.03 bits per heavy atom. The summed E-state index contributed by atoms with van der Waals surface area (Å²) >= 11 is 1.48. The molecule has 0 atom stereocenters. The quantitative estimate of drug-likeness (QED) is 0.182. The van der Waals surface area contributed by atoms with Gasteiger partial charge in [-0.25, -0.2) is 4.98 Å². The lowest BCUT2D eigenvalue weighted by atomic mass is 10.2. The number of aromatic nitrogens is 1. The van der Waals surface area contributed by atoms with Crippen LogP contribution in [0, 0.1) is 0 Å². The van der Waals surface area contributed by atoms with E-state index in [2.05, 4.69) is 69.1 Å². The second-order valence-corrected chi connectivity index (χ2v) is 8.15. The molecule has 0 saturated heterocycles. The first-order valence-corrected chi connectivity index (χ1v) is 11.7. The maximum Gasteiger partial charge on any atom is 0.128 e. The third-order valence-electron chi connectivity index (χ3n) is 5.14. The predicted molar refractivity (Wildman–Crippen MR) is 137 cm³/mol. The highest BCUT2D eigenvalue weighted by atomic mass is 32.1. The molecule has 33 heavy (non-hydrogen) atoms. The molecule has 168 valence electrons. The first-order chi connectivity index (χ1) is 16.2. The summed E-state index contributed by atoms with van der Waals surface area (Å²) in [5, 5.41) is 21.4. The number of hydrogen-bond acceptors (Lipinski definition) is 8. The second-order valence-electron chi connectivity index (χ2n) is 7.25. The highest BCUT2D eigenvalue weighted by Gasteiger charge is 2.07. The van der Waals surface area contributed by atoms with E-state index < -0.39 is 0 Å². The molecule has 0 aliphatic heterocycles. The first kappa shape index (κ1) is 22.3. The van der Waals surface area contributed by atoms with Crippen LogP contribution in [0.4, 0.5) is 28.4 Å². The van der Waals surface area contributed by atoms with Crippen molar-refractivity contribution < 1.29 is 5.11 Å². The number of thiazole rings is 1. The number of azo groups is 1. The van der Waals surface area contributed by atoms with Crippen LogP contribution in [-0.2, 0) is 0 Å². The Morgan fingerprint density at radius 2 is 1.45 bits per heavy atom. The van der Waals surface area contributed by atoms with Crippen molar-refractivity contribution >= 4 is 39.8 Å². The molecule has 1 heterocycles. The minimum Gasteiger partial charge on any atom is -0.507 e. The molecule has 4 aromatic rings. The molecule has 0 unspecified atom stereocenters. The first-order valence-electron chi connectivity index (χ1n) is 10.8. The van der Waals surface area contributed by atoms with Crippen LogP contribution in [0.2, 0.25) is 0 Å². The molecule has 8 heteroatoms. The summed E-state index contributed by atoms with van der Waals surface area (Å²) in [4.78, 5) is 6.53. The SMILES string of the molecule is CCN(CC)c1ccc(NNc2ccc(/N=N/c3ccc(-c4nccs4)c(O)c3)cc2)cc1. The van der Waals surface area contributed by atoms with Crippen molar-refractivity contribution in [3.05, 3.63) is 78.3 Å². The molecule has 0 saturated carbocycles. The Bertz CT molecular complexity index is 1190.